The Morgan fingerprint density at radius 2 is 2.00 bits per heavy atom. The Labute approximate surface area is 154 Å². The van der Waals surface area contributed by atoms with Gasteiger partial charge in [0.1, 0.15) is 11.1 Å². The molecule has 6 nitrogen and oxygen atoms in total. The van der Waals surface area contributed by atoms with E-state index in [0.717, 1.165) is 25.7 Å². The minimum absolute atomic E-state index is 0.000206. The van der Waals surface area contributed by atoms with E-state index in [4.69, 9.17) is 27.9 Å². The molecule has 0 bridgehead atoms. The maximum absolute atomic E-state index is 12.2. The van der Waals surface area contributed by atoms with Gasteiger partial charge in [0.25, 0.3) is 11.5 Å². The SMILES string of the molecule is O=C(NC1CCC(Oc2ccc(Cl)cn2)CC1)c1c[nH]c(=O)c(Cl)c1. The second-order valence-electron chi connectivity index (χ2n) is 5.95. The highest BCUT2D eigenvalue weighted by molar-refractivity contribution is 6.30. The molecule has 2 aromatic heterocycles. The van der Waals surface area contributed by atoms with Crippen LogP contribution >= 0.6 is 23.2 Å². The first-order valence-corrected chi connectivity index (χ1v) is 8.74. The summed E-state index contributed by atoms with van der Waals surface area (Å²) in [5.41, 5.74) is -0.0694. The number of pyridine rings is 2. The topological polar surface area (TPSA) is 84.1 Å². The molecule has 0 aromatic carbocycles. The lowest BCUT2D eigenvalue weighted by molar-refractivity contribution is 0.0890. The monoisotopic (exact) mass is 381 g/mol. The van der Waals surface area contributed by atoms with Gasteiger partial charge in [0.2, 0.25) is 5.88 Å². The Morgan fingerprint density at radius 1 is 1.24 bits per heavy atom. The minimum Gasteiger partial charge on any atom is -0.474 e. The number of aromatic amines is 1. The van der Waals surface area contributed by atoms with Crippen LogP contribution in [-0.4, -0.2) is 28.0 Å². The molecule has 1 amide bonds. The number of H-pyrrole nitrogens is 1. The molecule has 0 aliphatic heterocycles. The Kier molecular flexibility index (Phi) is 5.60. The van der Waals surface area contributed by atoms with Crippen LogP contribution in [0.25, 0.3) is 0 Å². The van der Waals surface area contributed by atoms with Crippen molar-refractivity contribution < 1.29 is 9.53 Å². The third kappa shape index (κ3) is 4.74. The molecule has 0 saturated heterocycles. The Hall–Kier alpha value is -2.05. The van der Waals surface area contributed by atoms with E-state index in [-0.39, 0.29) is 23.1 Å². The average molecular weight is 382 g/mol. The van der Waals surface area contributed by atoms with Gasteiger partial charge in [-0.2, -0.15) is 0 Å². The predicted octanol–water partition coefficient (Wildman–Crippen LogP) is 3.20. The van der Waals surface area contributed by atoms with E-state index in [0.29, 0.717) is 16.5 Å². The number of halogens is 2. The summed E-state index contributed by atoms with van der Waals surface area (Å²) in [5.74, 6) is 0.307. The molecule has 8 heteroatoms. The van der Waals surface area contributed by atoms with Crippen molar-refractivity contribution in [1.29, 1.82) is 0 Å². The van der Waals surface area contributed by atoms with Gasteiger partial charge in [-0.25, -0.2) is 4.98 Å². The lowest BCUT2D eigenvalue weighted by Crippen LogP contribution is -2.39. The van der Waals surface area contributed by atoms with Gasteiger partial charge in [0.05, 0.1) is 10.6 Å². The fourth-order valence-corrected chi connectivity index (χ4v) is 3.07. The number of rotatable bonds is 4. The van der Waals surface area contributed by atoms with Crippen LogP contribution in [0.2, 0.25) is 10.0 Å². The van der Waals surface area contributed by atoms with Crippen molar-refractivity contribution in [1.82, 2.24) is 15.3 Å². The van der Waals surface area contributed by atoms with Crippen LogP contribution < -0.4 is 15.6 Å². The van der Waals surface area contributed by atoms with Crippen molar-refractivity contribution in [2.45, 2.75) is 37.8 Å². The fourth-order valence-electron chi connectivity index (χ4n) is 2.78. The van der Waals surface area contributed by atoms with E-state index in [1.54, 1.807) is 18.3 Å². The molecule has 2 aromatic rings. The normalized spacial score (nSPS) is 20.1. The second-order valence-corrected chi connectivity index (χ2v) is 6.79. The minimum atomic E-state index is -0.410. The van der Waals surface area contributed by atoms with Crippen LogP contribution in [0.1, 0.15) is 36.0 Å². The summed E-state index contributed by atoms with van der Waals surface area (Å²) in [6, 6.07) is 4.92. The van der Waals surface area contributed by atoms with Crippen molar-refractivity contribution in [3.05, 3.63) is 56.6 Å². The van der Waals surface area contributed by atoms with Crippen molar-refractivity contribution in [3.63, 3.8) is 0 Å². The number of nitrogens with zero attached hydrogens (tertiary/aromatic N) is 1. The summed E-state index contributed by atoms with van der Waals surface area (Å²) in [6.45, 7) is 0. The zero-order chi connectivity index (χ0) is 17.8. The zero-order valence-electron chi connectivity index (χ0n) is 13.3. The summed E-state index contributed by atoms with van der Waals surface area (Å²) >= 11 is 11.6. The number of aromatic nitrogens is 2. The van der Waals surface area contributed by atoms with Gasteiger partial charge in [0.15, 0.2) is 0 Å². The highest BCUT2D eigenvalue weighted by Crippen LogP contribution is 2.23. The van der Waals surface area contributed by atoms with Crippen LogP contribution in [-0.2, 0) is 0 Å². The highest BCUT2D eigenvalue weighted by atomic mass is 35.5. The lowest BCUT2D eigenvalue weighted by atomic mass is 9.92. The van der Waals surface area contributed by atoms with Crippen molar-refractivity contribution >= 4 is 29.1 Å². The predicted molar refractivity (Wildman–Crippen MR) is 95.5 cm³/mol. The molecule has 25 heavy (non-hydrogen) atoms. The quantitative estimate of drug-likeness (QED) is 0.851. The maximum atomic E-state index is 12.2. The third-order valence-corrected chi connectivity index (χ3v) is 4.62. The standard InChI is InChI=1S/C17H17Cl2N3O3/c18-11-1-6-15(20-9-11)25-13-4-2-12(3-5-13)22-16(23)10-7-14(19)17(24)21-8-10/h1,6-9,12-13H,2-5H2,(H,21,24)(H,22,23). The van der Waals surface area contributed by atoms with Gasteiger partial charge in [0, 0.05) is 24.5 Å². The Morgan fingerprint density at radius 3 is 2.64 bits per heavy atom. The number of carbonyl (C=O) groups excluding carboxylic acids is 1. The van der Waals surface area contributed by atoms with E-state index in [9.17, 15) is 9.59 Å². The average Bonchev–Trinajstić information content (AvgIpc) is 2.61. The van der Waals surface area contributed by atoms with Gasteiger partial charge in [-0.05, 0) is 37.8 Å². The molecule has 0 spiro atoms. The number of amides is 1. The molecule has 2 heterocycles. The highest BCUT2D eigenvalue weighted by Gasteiger charge is 2.24. The molecular weight excluding hydrogens is 365 g/mol. The van der Waals surface area contributed by atoms with E-state index in [1.165, 1.54) is 12.3 Å². The number of hydrogen-bond acceptors (Lipinski definition) is 4. The molecule has 2 N–H and O–H groups in total. The second kappa shape index (κ2) is 7.89. The molecule has 3 rings (SSSR count). The van der Waals surface area contributed by atoms with Crippen LogP contribution in [0.4, 0.5) is 0 Å². The fraction of sp³-hybridized carbons (Fsp3) is 0.353. The summed E-state index contributed by atoms with van der Waals surface area (Å²) < 4.78 is 5.84. The Bertz CT molecular complexity index is 800. The van der Waals surface area contributed by atoms with Gasteiger partial charge in [-0.3, -0.25) is 9.59 Å². The summed E-state index contributed by atoms with van der Waals surface area (Å²) in [7, 11) is 0. The van der Waals surface area contributed by atoms with Crippen molar-refractivity contribution in [3.8, 4) is 5.88 Å². The molecule has 1 aliphatic carbocycles. The van der Waals surface area contributed by atoms with Gasteiger partial charge in [-0.15, -0.1) is 0 Å². The van der Waals surface area contributed by atoms with Crippen LogP contribution in [0.5, 0.6) is 5.88 Å². The zero-order valence-corrected chi connectivity index (χ0v) is 14.8. The molecule has 1 fully saturated rings. The number of hydrogen-bond donors (Lipinski definition) is 2. The molecule has 1 aliphatic rings. The van der Waals surface area contributed by atoms with Gasteiger partial charge in [-0.1, -0.05) is 23.2 Å². The lowest BCUT2D eigenvalue weighted by Gasteiger charge is -2.29. The molecule has 1 saturated carbocycles. The first-order chi connectivity index (χ1) is 12.0. The Balaban J connectivity index is 1.50. The summed E-state index contributed by atoms with van der Waals surface area (Å²) in [6.07, 6.45) is 6.25. The van der Waals surface area contributed by atoms with Crippen molar-refractivity contribution in [2.24, 2.45) is 0 Å². The smallest absolute Gasteiger partial charge is 0.266 e. The largest absolute Gasteiger partial charge is 0.474 e. The maximum Gasteiger partial charge on any atom is 0.266 e. The van der Waals surface area contributed by atoms with Crippen molar-refractivity contribution in [2.75, 3.05) is 0 Å². The number of nitrogens with one attached hydrogen (secondary N) is 2. The third-order valence-electron chi connectivity index (χ3n) is 4.12. The van der Waals surface area contributed by atoms with Crippen LogP contribution in [0.15, 0.2) is 35.4 Å². The van der Waals surface area contributed by atoms with E-state index >= 15 is 0 Å². The summed E-state index contributed by atoms with van der Waals surface area (Å²) in [5, 5.41) is 3.54. The molecule has 0 radical (unpaired) electrons. The van der Waals surface area contributed by atoms with Crippen LogP contribution in [0.3, 0.4) is 0 Å². The first kappa shape index (κ1) is 17.8. The van der Waals surface area contributed by atoms with Crippen LogP contribution in [0, 0.1) is 0 Å². The molecular formula is C17H17Cl2N3O3. The van der Waals surface area contributed by atoms with E-state index in [1.807, 2.05) is 0 Å². The number of carbonyl (C=O) groups is 1. The van der Waals surface area contributed by atoms with Gasteiger partial charge < -0.3 is 15.0 Å². The molecule has 132 valence electrons. The molecule has 0 unspecified atom stereocenters. The molecule has 0 atom stereocenters. The first-order valence-electron chi connectivity index (χ1n) is 7.98. The van der Waals surface area contributed by atoms with Gasteiger partial charge >= 0.3 is 0 Å². The summed E-state index contributed by atoms with van der Waals surface area (Å²) in [4.78, 5) is 30.0. The van der Waals surface area contributed by atoms with E-state index < -0.39 is 5.56 Å². The van der Waals surface area contributed by atoms with E-state index in [2.05, 4.69) is 15.3 Å². The number of ether oxygens (including phenoxy) is 1.